The molecular weight excluding hydrogens is 359 g/mol. The molecule has 128 valence electrons. The van der Waals surface area contributed by atoms with Gasteiger partial charge in [-0.25, -0.2) is 4.68 Å². The highest BCUT2D eigenvalue weighted by atomic mass is 35.5. The summed E-state index contributed by atoms with van der Waals surface area (Å²) in [6, 6.07) is 9.71. The van der Waals surface area contributed by atoms with Crippen molar-refractivity contribution >= 4 is 34.8 Å². The first-order chi connectivity index (χ1) is 11.9. The number of anilines is 1. The number of aryl methyl sites for hydroxylation is 2. The Morgan fingerprint density at radius 2 is 1.72 bits per heavy atom. The van der Waals surface area contributed by atoms with E-state index in [-0.39, 0.29) is 21.5 Å². The normalized spacial score (nSPS) is 10.8. The quantitative estimate of drug-likeness (QED) is 0.719. The fourth-order valence-corrected chi connectivity index (χ4v) is 2.96. The summed E-state index contributed by atoms with van der Waals surface area (Å²) in [5.74, 6) is -0.377. The number of halogens is 2. The molecule has 25 heavy (non-hydrogen) atoms. The number of carbonyl (C=O) groups is 1. The van der Waals surface area contributed by atoms with Crippen LogP contribution >= 0.6 is 23.2 Å². The summed E-state index contributed by atoms with van der Waals surface area (Å²) in [5, 5.41) is 7.85. The van der Waals surface area contributed by atoms with E-state index in [2.05, 4.69) is 15.4 Å². The van der Waals surface area contributed by atoms with Gasteiger partial charge >= 0.3 is 0 Å². The molecule has 3 aromatic rings. The molecular formula is C18H16Cl2N4O. The fraction of sp³-hybridized carbons (Fsp3) is 0.167. The minimum Gasteiger partial charge on any atom is -0.319 e. The maximum atomic E-state index is 12.6. The van der Waals surface area contributed by atoms with E-state index < -0.39 is 0 Å². The first-order valence-electron chi connectivity index (χ1n) is 7.63. The van der Waals surface area contributed by atoms with Gasteiger partial charge in [-0.15, -0.1) is 0 Å². The van der Waals surface area contributed by atoms with Gasteiger partial charge in [0.25, 0.3) is 5.91 Å². The van der Waals surface area contributed by atoms with E-state index >= 15 is 0 Å². The zero-order chi connectivity index (χ0) is 18.1. The topological polar surface area (TPSA) is 59.8 Å². The van der Waals surface area contributed by atoms with Crippen molar-refractivity contribution in [1.82, 2.24) is 14.8 Å². The maximum absolute atomic E-state index is 12.6. The second-order valence-electron chi connectivity index (χ2n) is 5.63. The number of aromatic nitrogens is 3. The van der Waals surface area contributed by atoms with Crippen LogP contribution in [0.4, 0.5) is 5.69 Å². The molecule has 1 amide bonds. The van der Waals surface area contributed by atoms with E-state index in [1.807, 2.05) is 44.2 Å². The Kier molecular flexibility index (Phi) is 4.79. The second-order valence-corrected chi connectivity index (χ2v) is 6.39. The number of pyridine rings is 1. The zero-order valence-electron chi connectivity index (χ0n) is 14.0. The van der Waals surface area contributed by atoms with Crippen molar-refractivity contribution in [2.45, 2.75) is 20.8 Å². The first kappa shape index (κ1) is 17.5. The summed E-state index contributed by atoms with van der Waals surface area (Å²) < 4.78 is 1.78. The predicted octanol–water partition coefficient (Wildman–Crippen LogP) is 4.75. The van der Waals surface area contributed by atoms with Crippen LogP contribution in [-0.4, -0.2) is 20.7 Å². The molecule has 0 bridgehead atoms. The highest BCUT2D eigenvalue weighted by Crippen LogP contribution is 2.29. The zero-order valence-corrected chi connectivity index (χ0v) is 15.5. The van der Waals surface area contributed by atoms with Crippen molar-refractivity contribution < 1.29 is 4.79 Å². The fourth-order valence-electron chi connectivity index (χ4n) is 2.54. The van der Waals surface area contributed by atoms with Gasteiger partial charge in [-0.3, -0.25) is 9.78 Å². The monoisotopic (exact) mass is 374 g/mol. The third kappa shape index (κ3) is 3.25. The van der Waals surface area contributed by atoms with Crippen LogP contribution in [0.5, 0.6) is 0 Å². The third-order valence-electron chi connectivity index (χ3n) is 3.91. The van der Waals surface area contributed by atoms with Gasteiger partial charge in [0.1, 0.15) is 0 Å². The number of nitrogens with one attached hydrogen (secondary N) is 1. The molecule has 1 N–H and O–H groups in total. The van der Waals surface area contributed by atoms with Crippen molar-refractivity contribution in [2.24, 2.45) is 0 Å². The van der Waals surface area contributed by atoms with Gasteiger partial charge in [0.2, 0.25) is 0 Å². The molecule has 7 heteroatoms. The molecule has 1 aromatic carbocycles. The average Bonchev–Trinajstić information content (AvgIpc) is 2.88. The molecule has 0 aliphatic carbocycles. The van der Waals surface area contributed by atoms with Gasteiger partial charge in [0.15, 0.2) is 0 Å². The number of carbonyl (C=O) groups excluding carboxylic acids is 1. The van der Waals surface area contributed by atoms with Crippen LogP contribution in [0.15, 0.2) is 36.5 Å². The lowest BCUT2D eigenvalue weighted by atomic mass is 10.2. The van der Waals surface area contributed by atoms with Crippen LogP contribution in [0, 0.1) is 20.8 Å². The number of rotatable bonds is 3. The highest BCUT2D eigenvalue weighted by Gasteiger charge is 2.19. The lowest BCUT2D eigenvalue weighted by Gasteiger charge is -2.09. The first-order valence-corrected chi connectivity index (χ1v) is 8.39. The van der Waals surface area contributed by atoms with Gasteiger partial charge in [-0.2, -0.15) is 5.10 Å². The van der Waals surface area contributed by atoms with E-state index in [9.17, 15) is 4.79 Å². The molecule has 0 saturated heterocycles. The Labute approximate surface area is 155 Å². The number of para-hydroxylation sites is 1. The molecule has 0 atom stereocenters. The molecule has 3 rings (SSSR count). The van der Waals surface area contributed by atoms with Crippen LogP contribution in [-0.2, 0) is 0 Å². The molecule has 0 saturated carbocycles. The smallest absolute Gasteiger partial charge is 0.258 e. The minimum atomic E-state index is -0.377. The minimum absolute atomic E-state index is 0.192. The van der Waals surface area contributed by atoms with E-state index in [0.29, 0.717) is 17.1 Å². The Morgan fingerprint density at radius 1 is 1.04 bits per heavy atom. The Morgan fingerprint density at radius 3 is 2.40 bits per heavy atom. The van der Waals surface area contributed by atoms with Crippen LogP contribution in [0.25, 0.3) is 5.69 Å². The summed E-state index contributed by atoms with van der Waals surface area (Å²) in [5.41, 5.74) is 3.88. The third-order valence-corrected chi connectivity index (χ3v) is 4.86. The molecule has 0 unspecified atom stereocenters. The lowest BCUT2D eigenvalue weighted by molar-refractivity contribution is 0.102. The van der Waals surface area contributed by atoms with Gasteiger partial charge < -0.3 is 5.32 Å². The maximum Gasteiger partial charge on any atom is 0.258 e. The lowest BCUT2D eigenvalue weighted by Crippen LogP contribution is -2.14. The largest absolute Gasteiger partial charge is 0.319 e. The van der Waals surface area contributed by atoms with Crippen molar-refractivity contribution in [3.05, 3.63) is 69.2 Å². The van der Waals surface area contributed by atoms with E-state index in [1.54, 1.807) is 11.6 Å². The second kappa shape index (κ2) is 6.86. The van der Waals surface area contributed by atoms with Gasteiger partial charge in [0, 0.05) is 6.20 Å². The number of amides is 1. The standard InChI is InChI=1S/C18H16Cl2N4O/c1-10-15(19)16(20)14(9-21-10)18(25)22-17-11(2)23-24(12(17)3)13-7-5-4-6-8-13/h4-9H,1-3H3,(H,22,25). The summed E-state index contributed by atoms with van der Waals surface area (Å²) in [4.78, 5) is 16.7. The van der Waals surface area contributed by atoms with E-state index in [4.69, 9.17) is 23.2 Å². The van der Waals surface area contributed by atoms with E-state index in [1.165, 1.54) is 6.20 Å². The molecule has 0 aliphatic heterocycles. The molecule has 0 spiro atoms. The summed E-state index contributed by atoms with van der Waals surface area (Å²) in [7, 11) is 0. The Bertz CT molecular complexity index is 951. The van der Waals surface area contributed by atoms with Gasteiger partial charge in [-0.05, 0) is 32.9 Å². The average molecular weight is 375 g/mol. The Balaban J connectivity index is 1.95. The molecule has 0 fully saturated rings. The number of nitrogens with zero attached hydrogens (tertiary/aromatic N) is 3. The van der Waals surface area contributed by atoms with Crippen molar-refractivity contribution in [1.29, 1.82) is 0 Å². The SMILES string of the molecule is Cc1ncc(C(=O)Nc2c(C)nn(-c3ccccc3)c2C)c(Cl)c1Cl. The molecule has 5 nitrogen and oxygen atoms in total. The summed E-state index contributed by atoms with van der Waals surface area (Å²) in [6.45, 7) is 5.46. The van der Waals surface area contributed by atoms with Crippen molar-refractivity contribution in [2.75, 3.05) is 5.32 Å². The van der Waals surface area contributed by atoms with Crippen molar-refractivity contribution in [3.63, 3.8) is 0 Å². The van der Waals surface area contributed by atoms with Crippen LogP contribution in [0.2, 0.25) is 10.0 Å². The summed E-state index contributed by atoms with van der Waals surface area (Å²) in [6.07, 6.45) is 1.42. The van der Waals surface area contributed by atoms with Crippen LogP contribution < -0.4 is 5.32 Å². The number of hydrogen-bond acceptors (Lipinski definition) is 3. The molecule has 0 radical (unpaired) electrons. The van der Waals surface area contributed by atoms with Gasteiger partial charge in [0.05, 0.1) is 44.1 Å². The van der Waals surface area contributed by atoms with Gasteiger partial charge in [-0.1, -0.05) is 41.4 Å². The molecule has 2 heterocycles. The van der Waals surface area contributed by atoms with E-state index in [0.717, 1.165) is 11.4 Å². The van der Waals surface area contributed by atoms with Crippen LogP contribution in [0.3, 0.4) is 0 Å². The van der Waals surface area contributed by atoms with Crippen molar-refractivity contribution in [3.8, 4) is 5.69 Å². The molecule has 2 aromatic heterocycles. The number of hydrogen-bond donors (Lipinski definition) is 1. The number of benzene rings is 1. The summed E-state index contributed by atoms with van der Waals surface area (Å²) >= 11 is 12.3. The predicted molar refractivity (Wildman–Crippen MR) is 100.0 cm³/mol. The highest BCUT2D eigenvalue weighted by molar-refractivity contribution is 6.44. The molecule has 0 aliphatic rings. The Hall–Kier alpha value is -2.37. The van der Waals surface area contributed by atoms with Crippen LogP contribution in [0.1, 0.15) is 27.4 Å².